The number of nitrogens with zero attached hydrogens (tertiary/aromatic N) is 2. The number of aromatic nitrogens is 1. The summed E-state index contributed by atoms with van der Waals surface area (Å²) in [5, 5.41) is 5.00. The van der Waals surface area contributed by atoms with Crippen molar-refractivity contribution in [1.82, 2.24) is 9.99 Å². The van der Waals surface area contributed by atoms with Gasteiger partial charge in [-0.15, -0.1) is 0 Å². The van der Waals surface area contributed by atoms with Crippen LogP contribution >= 0.6 is 0 Å². The number of ether oxygens (including phenoxy) is 2. The van der Waals surface area contributed by atoms with Crippen molar-refractivity contribution in [3.8, 4) is 5.75 Å². The van der Waals surface area contributed by atoms with Gasteiger partial charge in [0.1, 0.15) is 5.75 Å². The zero-order valence-corrected chi connectivity index (χ0v) is 14.6. The third kappa shape index (κ3) is 4.42. The molecule has 0 atom stereocenters. The summed E-state index contributed by atoms with van der Waals surface area (Å²) in [6.07, 6.45) is 3.93. The van der Waals surface area contributed by atoms with Crippen LogP contribution in [0, 0.1) is 0 Å². The van der Waals surface area contributed by atoms with E-state index in [1.807, 2.05) is 54.7 Å². The molecule has 0 fully saturated rings. The van der Waals surface area contributed by atoms with Crippen LogP contribution in [-0.2, 0) is 11.3 Å². The molecule has 3 rings (SSSR count). The van der Waals surface area contributed by atoms with Crippen LogP contribution < -0.4 is 10.2 Å². The lowest BCUT2D eigenvalue weighted by Gasteiger charge is -2.07. The summed E-state index contributed by atoms with van der Waals surface area (Å²) in [5.74, 6) is 0.881. The van der Waals surface area contributed by atoms with E-state index in [1.165, 1.54) is 7.11 Å². The standard InChI is InChI=1S/C20H21N3O3/c1-25-20(24)22-21-14-16-15-23(19-11-6-5-10-18(16)19)12-7-13-26-17-8-3-2-4-9-17/h2-6,8-11,14-15H,7,12-13H2,1H3,(H,22,24)/b21-14-. The van der Waals surface area contributed by atoms with Gasteiger partial charge in [0, 0.05) is 29.2 Å². The first-order valence-corrected chi connectivity index (χ1v) is 8.40. The summed E-state index contributed by atoms with van der Waals surface area (Å²) in [4.78, 5) is 11.1. The van der Waals surface area contributed by atoms with Crippen molar-refractivity contribution < 1.29 is 14.3 Å². The number of carbonyl (C=O) groups excluding carboxylic acids is 1. The second-order valence-corrected chi connectivity index (χ2v) is 5.67. The number of methoxy groups -OCH3 is 1. The van der Waals surface area contributed by atoms with Crippen molar-refractivity contribution in [1.29, 1.82) is 0 Å². The van der Waals surface area contributed by atoms with Crippen LogP contribution in [0.5, 0.6) is 5.75 Å². The molecule has 1 N–H and O–H groups in total. The number of amides is 1. The lowest BCUT2D eigenvalue weighted by atomic mass is 10.2. The van der Waals surface area contributed by atoms with E-state index in [-0.39, 0.29) is 0 Å². The van der Waals surface area contributed by atoms with Gasteiger partial charge in [0.2, 0.25) is 0 Å². The molecule has 0 bridgehead atoms. The van der Waals surface area contributed by atoms with E-state index in [4.69, 9.17) is 4.74 Å². The van der Waals surface area contributed by atoms with Crippen LogP contribution in [0.1, 0.15) is 12.0 Å². The minimum absolute atomic E-state index is 0.594. The molecule has 26 heavy (non-hydrogen) atoms. The lowest BCUT2D eigenvalue weighted by Crippen LogP contribution is -2.16. The number of carbonyl (C=O) groups is 1. The summed E-state index contributed by atoms with van der Waals surface area (Å²) in [6, 6.07) is 17.9. The average molecular weight is 351 g/mol. The second kappa shape index (κ2) is 8.71. The van der Waals surface area contributed by atoms with Crippen molar-refractivity contribution in [3.63, 3.8) is 0 Å². The maximum atomic E-state index is 11.1. The van der Waals surface area contributed by atoms with Gasteiger partial charge in [0.05, 0.1) is 19.9 Å². The van der Waals surface area contributed by atoms with Crippen LogP contribution in [0.4, 0.5) is 4.79 Å². The topological polar surface area (TPSA) is 64.8 Å². The molecule has 0 spiro atoms. The minimum atomic E-state index is -0.594. The zero-order valence-electron chi connectivity index (χ0n) is 14.6. The molecule has 0 aliphatic carbocycles. The van der Waals surface area contributed by atoms with Crippen LogP contribution in [-0.4, -0.2) is 30.6 Å². The quantitative estimate of drug-likeness (QED) is 0.400. The van der Waals surface area contributed by atoms with Crippen molar-refractivity contribution in [2.24, 2.45) is 5.10 Å². The molecule has 0 aliphatic rings. The lowest BCUT2D eigenvalue weighted by molar-refractivity contribution is 0.171. The summed E-state index contributed by atoms with van der Waals surface area (Å²) in [7, 11) is 1.30. The number of rotatable bonds is 7. The zero-order chi connectivity index (χ0) is 18.2. The Bertz CT molecular complexity index is 888. The Morgan fingerprint density at radius 3 is 2.73 bits per heavy atom. The van der Waals surface area contributed by atoms with Crippen molar-refractivity contribution in [3.05, 3.63) is 66.4 Å². The molecule has 0 radical (unpaired) electrons. The average Bonchev–Trinajstić information content (AvgIpc) is 3.04. The van der Waals surface area contributed by atoms with E-state index >= 15 is 0 Å². The Hall–Kier alpha value is -3.28. The highest BCUT2D eigenvalue weighted by atomic mass is 16.5. The normalized spacial score (nSPS) is 11.0. The molecule has 0 unspecified atom stereocenters. The predicted molar refractivity (Wildman–Crippen MR) is 102 cm³/mol. The molecule has 1 aromatic heterocycles. The SMILES string of the molecule is COC(=O)N/N=C\c1cn(CCCOc2ccccc2)c2ccccc12. The summed E-state index contributed by atoms with van der Waals surface area (Å²) in [5.41, 5.74) is 4.35. The molecule has 0 aliphatic heterocycles. The molecule has 6 nitrogen and oxygen atoms in total. The summed E-state index contributed by atoms with van der Waals surface area (Å²) >= 11 is 0. The maximum Gasteiger partial charge on any atom is 0.427 e. The number of para-hydroxylation sites is 2. The highest BCUT2D eigenvalue weighted by Gasteiger charge is 2.06. The number of nitrogens with one attached hydrogen (secondary N) is 1. The molecular formula is C20H21N3O3. The van der Waals surface area contributed by atoms with Crippen LogP contribution in [0.2, 0.25) is 0 Å². The van der Waals surface area contributed by atoms with Crippen LogP contribution in [0.15, 0.2) is 65.9 Å². The molecule has 0 saturated heterocycles. The molecule has 1 amide bonds. The highest BCUT2D eigenvalue weighted by Crippen LogP contribution is 2.20. The van der Waals surface area contributed by atoms with E-state index in [9.17, 15) is 4.79 Å². The molecular weight excluding hydrogens is 330 g/mol. The van der Waals surface area contributed by atoms with Gasteiger partial charge in [0.15, 0.2) is 0 Å². The van der Waals surface area contributed by atoms with E-state index in [1.54, 1.807) is 6.21 Å². The predicted octanol–water partition coefficient (Wildman–Crippen LogP) is 3.80. The Balaban J connectivity index is 1.65. The highest BCUT2D eigenvalue weighted by molar-refractivity contribution is 5.99. The smallest absolute Gasteiger partial charge is 0.427 e. The largest absolute Gasteiger partial charge is 0.494 e. The van der Waals surface area contributed by atoms with Gasteiger partial charge >= 0.3 is 6.09 Å². The van der Waals surface area contributed by atoms with Gasteiger partial charge in [-0.1, -0.05) is 36.4 Å². The summed E-state index contributed by atoms with van der Waals surface area (Å²) in [6.45, 7) is 1.47. The van der Waals surface area contributed by atoms with Crippen molar-refractivity contribution in [2.45, 2.75) is 13.0 Å². The first-order valence-electron chi connectivity index (χ1n) is 8.40. The van der Waals surface area contributed by atoms with Gasteiger partial charge in [-0.25, -0.2) is 10.2 Å². The fourth-order valence-electron chi connectivity index (χ4n) is 2.70. The Labute approximate surface area is 152 Å². The molecule has 134 valence electrons. The molecule has 1 heterocycles. The van der Waals surface area contributed by atoms with Crippen LogP contribution in [0.25, 0.3) is 10.9 Å². The van der Waals surface area contributed by atoms with E-state index in [2.05, 4.69) is 25.9 Å². The number of hydrogen-bond donors (Lipinski definition) is 1. The number of fused-ring (bicyclic) bond motifs is 1. The molecule has 3 aromatic rings. The maximum absolute atomic E-state index is 11.1. The monoisotopic (exact) mass is 351 g/mol. The number of aryl methyl sites for hydroxylation is 1. The van der Waals surface area contributed by atoms with Gasteiger partial charge in [0.25, 0.3) is 0 Å². The third-order valence-electron chi connectivity index (χ3n) is 3.92. The van der Waals surface area contributed by atoms with Gasteiger partial charge < -0.3 is 14.0 Å². The van der Waals surface area contributed by atoms with Crippen LogP contribution in [0.3, 0.4) is 0 Å². The number of benzene rings is 2. The van der Waals surface area contributed by atoms with Crippen molar-refractivity contribution >= 4 is 23.2 Å². The Morgan fingerprint density at radius 2 is 1.92 bits per heavy atom. The third-order valence-corrected chi connectivity index (χ3v) is 3.92. The first kappa shape index (κ1) is 17.5. The molecule has 0 saturated carbocycles. The Kier molecular flexibility index (Phi) is 5.88. The fourth-order valence-corrected chi connectivity index (χ4v) is 2.70. The first-order chi connectivity index (χ1) is 12.8. The molecule has 2 aromatic carbocycles. The van der Waals surface area contributed by atoms with E-state index in [0.717, 1.165) is 35.2 Å². The van der Waals surface area contributed by atoms with Gasteiger partial charge in [-0.2, -0.15) is 5.10 Å². The van der Waals surface area contributed by atoms with E-state index in [0.29, 0.717) is 6.61 Å². The van der Waals surface area contributed by atoms with E-state index < -0.39 is 6.09 Å². The number of hydrazone groups is 1. The molecule has 6 heteroatoms. The number of hydrogen-bond acceptors (Lipinski definition) is 4. The fraction of sp³-hybridized carbons (Fsp3) is 0.200. The van der Waals surface area contributed by atoms with Gasteiger partial charge in [-0.3, -0.25) is 0 Å². The van der Waals surface area contributed by atoms with Gasteiger partial charge in [-0.05, 0) is 24.6 Å². The second-order valence-electron chi connectivity index (χ2n) is 5.67. The minimum Gasteiger partial charge on any atom is -0.494 e. The van der Waals surface area contributed by atoms with Crippen molar-refractivity contribution in [2.75, 3.05) is 13.7 Å². The Morgan fingerprint density at radius 1 is 1.15 bits per heavy atom. The summed E-state index contributed by atoms with van der Waals surface area (Å²) < 4.78 is 12.4.